The van der Waals surface area contributed by atoms with E-state index in [9.17, 15) is 24.4 Å². The van der Waals surface area contributed by atoms with Gasteiger partial charge < -0.3 is 0 Å². The molecule has 10 heteroatoms. The quantitative estimate of drug-likeness (QED) is 0.168. The molecule has 0 aliphatic rings. The molecule has 2 aromatic rings. The lowest BCUT2D eigenvalue weighted by atomic mass is 9.85. The normalized spacial score (nSPS) is 13.4. The highest BCUT2D eigenvalue weighted by atomic mass is 35.5. The second-order valence-electron chi connectivity index (χ2n) is 7.26. The lowest BCUT2D eigenvalue weighted by molar-refractivity contribution is -0.152. The van der Waals surface area contributed by atoms with Gasteiger partial charge in [0.2, 0.25) is 18.2 Å². The van der Waals surface area contributed by atoms with Gasteiger partial charge in [0, 0.05) is 5.02 Å². The minimum absolute atomic E-state index is 0.0525. The number of amides is 3. The van der Waals surface area contributed by atoms with Crippen molar-refractivity contribution in [2.24, 2.45) is 5.92 Å². The Kier molecular flexibility index (Phi) is 8.77. The van der Waals surface area contributed by atoms with Crippen molar-refractivity contribution in [3.8, 4) is 0 Å². The maximum atomic E-state index is 13.1. The van der Waals surface area contributed by atoms with Crippen molar-refractivity contribution in [3.63, 3.8) is 0 Å². The van der Waals surface area contributed by atoms with E-state index < -0.39 is 28.4 Å². The first-order valence-corrected chi connectivity index (χ1v) is 10.4. The van der Waals surface area contributed by atoms with Gasteiger partial charge in [0.05, 0.1) is 18.9 Å². The molecule has 2 atom stereocenters. The van der Waals surface area contributed by atoms with E-state index in [-0.39, 0.29) is 35.5 Å². The number of Topliss-reactive ketones (excluding diaryl/α,β-unsaturated/α-hetero) is 1. The lowest BCUT2D eigenvalue weighted by Crippen LogP contribution is -2.48. The van der Waals surface area contributed by atoms with Gasteiger partial charge in [0.25, 0.3) is 0 Å². The predicted octanol–water partition coefficient (Wildman–Crippen LogP) is 2.74. The van der Waals surface area contributed by atoms with Crippen LogP contribution >= 0.6 is 23.2 Å². The second-order valence-corrected chi connectivity index (χ2v) is 8.42. The van der Waals surface area contributed by atoms with Gasteiger partial charge >= 0.3 is 0 Å². The van der Waals surface area contributed by atoms with Crippen LogP contribution in [0.1, 0.15) is 30.5 Å². The summed E-state index contributed by atoms with van der Waals surface area (Å²) in [5, 5.41) is 10.1. The molecule has 0 saturated carbocycles. The fourth-order valence-electron chi connectivity index (χ4n) is 3.08. The molecule has 2 aromatic carbocycles. The summed E-state index contributed by atoms with van der Waals surface area (Å²) in [5.41, 5.74) is 5.78. The van der Waals surface area contributed by atoms with Gasteiger partial charge in [-0.2, -0.15) is 0 Å². The Labute approximate surface area is 195 Å². The van der Waals surface area contributed by atoms with Gasteiger partial charge in [-0.3, -0.25) is 35.2 Å². The number of alkyl halides is 1. The van der Waals surface area contributed by atoms with Crippen molar-refractivity contribution in [1.29, 1.82) is 0 Å². The Bertz CT molecular complexity index is 998. The van der Waals surface area contributed by atoms with Crippen LogP contribution in [0, 0.1) is 5.92 Å². The maximum Gasteiger partial charge on any atom is 0.248 e. The molecule has 0 fully saturated rings. The summed E-state index contributed by atoms with van der Waals surface area (Å²) < 4.78 is 0. The number of carbonyl (C=O) groups excluding carboxylic acids is 4. The van der Waals surface area contributed by atoms with E-state index in [1.165, 1.54) is 26.0 Å². The summed E-state index contributed by atoms with van der Waals surface area (Å²) in [5.74, 6) is -3.08. The molecule has 170 valence electrons. The largest absolute Gasteiger partial charge is 0.296 e. The molecule has 8 nitrogen and oxygen atoms in total. The minimum atomic E-state index is -1.70. The van der Waals surface area contributed by atoms with Crippen molar-refractivity contribution < 1.29 is 24.4 Å². The topological polar surface area (TPSA) is 116 Å². The molecular formula is C22H23Cl2N3O5. The van der Waals surface area contributed by atoms with Crippen molar-refractivity contribution in [3.05, 3.63) is 70.2 Å². The molecule has 0 bridgehead atoms. The molecule has 32 heavy (non-hydrogen) atoms. The zero-order chi connectivity index (χ0) is 23.9. The van der Waals surface area contributed by atoms with Crippen LogP contribution in [0.2, 0.25) is 5.02 Å². The lowest BCUT2D eigenvalue weighted by Gasteiger charge is -2.27. The Morgan fingerprint density at radius 1 is 1.12 bits per heavy atom. The highest BCUT2D eigenvalue weighted by molar-refractivity contribution is 6.37. The third kappa shape index (κ3) is 6.29. The van der Waals surface area contributed by atoms with E-state index in [1.54, 1.807) is 30.3 Å². The molecular weight excluding hydrogens is 457 g/mol. The summed E-state index contributed by atoms with van der Waals surface area (Å²) in [7, 11) is 0. The fraction of sp³-hybridized carbons (Fsp3) is 0.273. The van der Waals surface area contributed by atoms with E-state index in [0.29, 0.717) is 5.06 Å². The molecule has 3 N–H and O–H groups in total. The number of hydrogen-bond donors (Lipinski definition) is 3. The molecule has 0 heterocycles. The Morgan fingerprint density at radius 2 is 1.78 bits per heavy atom. The summed E-state index contributed by atoms with van der Waals surface area (Å²) >= 11 is 12.7. The second kappa shape index (κ2) is 11.1. The van der Waals surface area contributed by atoms with E-state index in [0.717, 1.165) is 5.56 Å². The molecule has 0 aliphatic carbocycles. The van der Waals surface area contributed by atoms with Crippen LogP contribution in [-0.4, -0.2) is 34.3 Å². The molecule has 0 spiro atoms. The van der Waals surface area contributed by atoms with Crippen molar-refractivity contribution in [1.82, 2.24) is 15.9 Å². The van der Waals surface area contributed by atoms with Crippen LogP contribution in [0.5, 0.6) is 0 Å². The first-order chi connectivity index (χ1) is 15.1. The van der Waals surface area contributed by atoms with Crippen LogP contribution < -0.4 is 10.9 Å². The standard InChI is InChI=1S/C22H23Cl2N3O5/c1-14(21(31)26-25-19(29)11-15-7-4-3-5-8-15)20(30)22(2,24)17-9-6-10-18(23)16(17)12-27(32)13-28/h3-10,13-14,32H,11-12H2,1-2H3,(H,25,29)(H,26,31). The first-order valence-electron chi connectivity index (χ1n) is 9.62. The molecule has 2 unspecified atom stereocenters. The van der Waals surface area contributed by atoms with E-state index in [4.69, 9.17) is 23.2 Å². The third-order valence-corrected chi connectivity index (χ3v) is 5.59. The van der Waals surface area contributed by atoms with Crippen LogP contribution in [-0.2, 0) is 37.0 Å². The number of nitrogens with zero attached hydrogens (tertiary/aromatic N) is 1. The summed E-state index contributed by atoms with van der Waals surface area (Å²) in [6, 6.07) is 13.6. The summed E-state index contributed by atoms with van der Waals surface area (Å²) in [6.45, 7) is 2.45. The molecule has 3 amide bonds. The SMILES string of the molecule is CC(C(=O)NNC(=O)Cc1ccccc1)C(=O)C(C)(Cl)c1cccc(Cl)c1CN(O)C=O. The van der Waals surface area contributed by atoms with Crippen LogP contribution in [0.15, 0.2) is 48.5 Å². The van der Waals surface area contributed by atoms with Gasteiger partial charge in [0.1, 0.15) is 4.87 Å². The van der Waals surface area contributed by atoms with Crippen molar-refractivity contribution in [2.45, 2.75) is 31.7 Å². The van der Waals surface area contributed by atoms with E-state index >= 15 is 0 Å². The number of hydrogen-bond acceptors (Lipinski definition) is 5. The van der Waals surface area contributed by atoms with Crippen molar-refractivity contribution >= 4 is 47.2 Å². The van der Waals surface area contributed by atoms with Gasteiger partial charge in [0.15, 0.2) is 5.78 Å². The number of hydroxylamine groups is 2. The smallest absolute Gasteiger partial charge is 0.248 e. The predicted molar refractivity (Wildman–Crippen MR) is 119 cm³/mol. The van der Waals surface area contributed by atoms with E-state index in [2.05, 4.69) is 10.9 Å². The Hall–Kier alpha value is -2.94. The van der Waals surface area contributed by atoms with Gasteiger partial charge in [-0.1, -0.05) is 54.1 Å². The van der Waals surface area contributed by atoms with Crippen LogP contribution in [0.3, 0.4) is 0 Å². The number of nitrogens with one attached hydrogen (secondary N) is 2. The van der Waals surface area contributed by atoms with Gasteiger partial charge in [-0.25, -0.2) is 5.06 Å². The number of ketones is 1. The number of hydrazine groups is 1. The fourth-order valence-corrected chi connectivity index (χ4v) is 3.66. The van der Waals surface area contributed by atoms with Crippen LogP contribution in [0.4, 0.5) is 0 Å². The molecule has 2 rings (SSSR count). The van der Waals surface area contributed by atoms with Crippen LogP contribution in [0.25, 0.3) is 0 Å². The first kappa shape index (κ1) is 25.3. The minimum Gasteiger partial charge on any atom is -0.296 e. The maximum absolute atomic E-state index is 13.1. The molecule has 0 radical (unpaired) electrons. The molecule has 0 saturated heterocycles. The van der Waals surface area contributed by atoms with Gasteiger partial charge in [-0.05, 0) is 36.6 Å². The number of carbonyl (C=O) groups is 4. The number of rotatable bonds is 9. The molecule has 0 aromatic heterocycles. The monoisotopic (exact) mass is 479 g/mol. The molecule has 0 aliphatic heterocycles. The number of benzene rings is 2. The third-order valence-electron chi connectivity index (χ3n) is 4.85. The number of halogens is 2. The zero-order valence-electron chi connectivity index (χ0n) is 17.5. The van der Waals surface area contributed by atoms with Gasteiger partial charge in [-0.15, -0.1) is 11.6 Å². The summed E-state index contributed by atoms with van der Waals surface area (Å²) in [4.78, 5) is 46.7. The highest BCUT2D eigenvalue weighted by Crippen LogP contribution is 2.37. The zero-order valence-corrected chi connectivity index (χ0v) is 19.0. The highest BCUT2D eigenvalue weighted by Gasteiger charge is 2.40. The van der Waals surface area contributed by atoms with E-state index in [1.807, 2.05) is 6.07 Å². The Morgan fingerprint density at radius 3 is 2.41 bits per heavy atom. The Balaban J connectivity index is 2.10. The summed E-state index contributed by atoms with van der Waals surface area (Å²) in [6.07, 6.45) is 0.242. The van der Waals surface area contributed by atoms with Crippen molar-refractivity contribution in [2.75, 3.05) is 0 Å². The average Bonchev–Trinajstić information content (AvgIpc) is 2.78. The average molecular weight is 480 g/mol.